The average molecular weight is 516 g/mol. The molecule has 0 spiro atoms. The first-order chi connectivity index (χ1) is 15.2. The zero-order chi connectivity index (χ0) is 23.0. The zero-order valence-electron chi connectivity index (χ0n) is 18.3. The van der Waals surface area contributed by atoms with E-state index in [-0.39, 0.29) is 18.0 Å². The lowest BCUT2D eigenvalue weighted by molar-refractivity contribution is 0.0775. The highest BCUT2D eigenvalue weighted by molar-refractivity contribution is 9.10. The van der Waals surface area contributed by atoms with E-state index in [1.165, 1.54) is 18.2 Å². The second kappa shape index (κ2) is 8.84. The molecule has 0 radical (unpaired) electrons. The highest BCUT2D eigenvalue weighted by Gasteiger charge is 2.21. The van der Waals surface area contributed by atoms with Crippen molar-refractivity contribution >= 4 is 51.9 Å². The van der Waals surface area contributed by atoms with Crippen molar-refractivity contribution in [1.82, 2.24) is 14.8 Å². The maximum atomic E-state index is 14.7. The number of benzene rings is 2. The van der Waals surface area contributed by atoms with Gasteiger partial charge < -0.3 is 4.74 Å². The van der Waals surface area contributed by atoms with E-state index in [2.05, 4.69) is 52.2 Å². The van der Waals surface area contributed by atoms with Gasteiger partial charge in [0.1, 0.15) is 34.0 Å². The molecule has 0 atom stereocenters. The van der Waals surface area contributed by atoms with E-state index in [0.29, 0.717) is 27.6 Å². The molecule has 0 aliphatic heterocycles. The SMILES string of the molecule is C=Cc1ccc2c(c1)c(-c1c(F)cccc1F)nc1c(Br)n(COCC[Si](C)(C)C)nc12. The molecular weight excluding hydrogens is 492 g/mol. The van der Waals surface area contributed by atoms with E-state index < -0.39 is 19.7 Å². The lowest BCUT2D eigenvalue weighted by Gasteiger charge is -2.15. The van der Waals surface area contributed by atoms with Crippen LogP contribution in [0.4, 0.5) is 8.78 Å². The van der Waals surface area contributed by atoms with Crippen molar-refractivity contribution in [3.05, 3.63) is 64.8 Å². The Bertz CT molecular complexity index is 1310. The summed E-state index contributed by atoms with van der Waals surface area (Å²) in [5.41, 5.74) is 2.05. The number of fused-ring (bicyclic) bond motifs is 3. The predicted molar refractivity (Wildman–Crippen MR) is 132 cm³/mol. The lowest BCUT2D eigenvalue weighted by atomic mass is 10.00. The number of nitrogens with zero attached hydrogens (tertiary/aromatic N) is 3. The zero-order valence-corrected chi connectivity index (χ0v) is 20.8. The molecule has 2 aromatic carbocycles. The van der Waals surface area contributed by atoms with Crippen LogP contribution in [0.3, 0.4) is 0 Å². The van der Waals surface area contributed by atoms with Crippen LogP contribution in [0.1, 0.15) is 5.56 Å². The summed E-state index contributed by atoms with van der Waals surface area (Å²) >= 11 is 3.56. The van der Waals surface area contributed by atoms with Gasteiger partial charge in [-0.25, -0.2) is 18.4 Å². The molecule has 32 heavy (non-hydrogen) atoms. The van der Waals surface area contributed by atoms with Crippen LogP contribution in [0.5, 0.6) is 0 Å². The lowest BCUT2D eigenvalue weighted by Crippen LogP contribution is -2.22. The summed E-state index contributed by atoms with van der Waals surface area (Å²) in [4.78, 5) is 4.67. The molecule has 4 aromatic rings. The molecular formula is C24H24BrF2N3OSi. The molecule has 0 amide bonds. The highest BCUT2D eigenvalue weighted by atomic mass is 79.9. The third kappa shape index (κ3) is 4.39. The summed E-state index contributed by atoms with van der Waals surface area (Å²) in [7, 11) is -1.20. The Morgan fingerprint density at radius 3 is 2.47 bits per heavy atom. The van der Waals surface area contributed by atoms with Gasteiger partial charge in [0, 0.05) is 25.5 Å². The molecule has 0 aliphatic carbocycles. The van der Waals surface area contributed by atoms with Crippen LogP contribution >= 0.6 is 15.9 Å². The Kier molecular flexibility index (Phi) is 6.29. The molecule has 2 aromatic heterocycles. The van der Waals surface area contributed by atoms with E-state index in [4.69, 9.17) is 4.74 Å². The number of halogens is 3. The number of ether oxygens (including phenoxy) is 1. The molecule has 166 valence electrons. The fourth-order valence-electron chi connectivity index (χ4n) is 3.51. The summed E-state index contributed by atoms with van der Waals surface area (Å²) in [5.74, 6) is -1.33. The molecule has 0 unspecified atom stereocenters. The van der Waals surface area contributed by atoms with Gasteiger partial charge >= 0.3 is 0 Å². The van der Waals surface area contributed by atoms with Gasteiger partial charge in [-0.15, -0.1) is 0 Å². The fraction of sp³-hybridized carbons (Fsp3) is 0.250. The van der Waals surface area contributed by atoms with Crippen molar-refractivity contribution in [2.75, 3.05) is 6.61 Å². The third-order valence-electron chi connectivity index (χ3n) is 5.29. The summed E-state index contributed by atoms with van der Waals surface area (Å²) in [5, 5.41) is 6.05. The van der Waals surface area contributed by atoms with Gasteiger partial charge in [-0.1, -0.05) is 50.5 Å². The monoisotopic (exact) mass is 515 g/mol. The summed E-state index contributed by atoms with van der Waals surface area (Å²) in [6.45, 7) is 11.6. The Morgan fingerprint density at radius 2 is 1.81 bits per heavy atom. The van der Waals surface area contributed by atoms with Crippen LogP contribution in [0, 0.1) is 11.6 Å². The molecule has 4 nitrogen and oxygen atoms in total. The normalized spacial score (nSPS) is 12.1. The van der Waals surface area contributed by atoms with Crippen LogP contribution in [-0.2, 0) is 11.5 Å². The highest BCUT2D eigenvalue weighted by Crippen LogP contribution is 2.37. The molecule has 0 aliphatic rings. The van der Waals surface area contributed by atoms with E-state index in [1.807, 2.05) is 18.2 Å². The quantitative estimate of drug-likeness (QED) is 0.192. The number of pyridine rings is 1. The largest absolute Gasteiger partial charge is 0.359 e. The Morgan fingerprint density at radius 1 is 1.09 bits per heavy atom. The first-order valence-corrected chi connectivity index (χ1v) is 14.8. The number of hydrogen-bond donors (Lipinski definition) is 0. The maximum Gasteiger partial charge on any atom is 0.140 e. The van der Waals surface area contributed by atoms with Gasteiger partial charge in [0.05, 0.1) is 11.3 Å². The maximum absolute atomic E-state index is 14.7. The van der Waals surface area contributed by atoms with Crippen LogP contribution in [0.15, 0.2) is 47.6 Å². The van der Waals surface area contributed by atoms with Crippen LogP contribution < -0.4 is 0 Å². The van der Waals surface area contributed by atoms with Crippen molar-refractivity contribution in [2.24, 2.45) is 0 Å². The van der Waals surface area contributed by atoms with E-state index in [9.17, 15) is 8.78 Å². The van der Waals surface area contributed by atoms with E-state index >= 15 is 0 Å². The van der Waals surface area contributed by atoms with Crippen molar-refractivity contribution in [3.8, 4) is 11.3 Å². The third-order valence-corrected chi connectivity index (χ3v) is 7.78. The van der Waals surface area contributed by atoms with Crippen molar-refractivity contribution < 1.29 is 13.5 Å². The first-order valence-electron chi connectivity index (χ1n) is 10.3. The summed E-state index contributed by atoms with van der Waals surface area (Å²) < 4.78 is 37.6. The van der Waals surface area contributed by atoms with E-state index in [0.717, 1.165) is 17.0 Å². The molecule has 0 saturated carbocycles. The van der Waals surface area contributed by atoms with Crippen LogP contribution in [0.2, 0.25) is 25.7 Å². The second-order valence-corrected chi connectivity index (χ2v) is 15.3. The van der Waals surface area contributed by atoms with Gasteiger partial charge in [0.15, 0.2) is 0 Å². The average Bonchev–Trinajstić information content (AvgIpc) is 3.06. The summed E-state index contributed by atoms with van der Waals surface area (Å²) in [6, 6.07) is 10.5. The smallest absolute Gasteiger partial charge is 0.140 e. The minimum atomic E-state index is -1.20. The first kappa shape index (κ1) is 22.8. The molecule has 2 heterocycles. The Balaban J connectivity index is 1.88. The molecule has 8 heteroatoms. The van der Waals surface area contributed by atoms with Crippen molar-refractivity contribution in [1.29, 1.82) is 0 Å². The Hall–Kier alpha value is -2.42. The fourth-order valence-corrected chi connectivity index (χ4v) is 4.72. The summed E-state index contributed by atoms with van der Waals surface area (Å²) in [6.07, 6.45) is 1.69. The van der Waals surface area contributed by atoms with Gasteiger partial charge in [-0.05, 0) is 45.7 Å². The molecule has 0 bridgehead atoms. The number of rotatable bonds is 7. The van der Waals surface area contributed by atoms with E-state index in [1.54, 1.807) is 10.8 Å². The minimum absolute atomic E-state index is 0.161. The van der Waals surface area contributed by atoms with Crippen molar-refractivity contribution in [2.45, 2.75) is 32.4 Å². The van der Waals surface area contributed by atoms with Gasteiger partial charge in [0.25, 0.3) is 0 Å². The molecule has 0 fully saturated rings. The molecule has 4 rings (SSSR count). The number of hydrogen-bond acceptors (Lipinski definition) is 3. The van der Waals surface area contributed by atoms with Gasteiger partial charge in [-0.2, -0.15) is 5.10 Å². The molecule has 0 saturated heterocycles. The standard InChI is InChI=1S/C24H24BrF2N3OSi/c1-5-15-9-10-16-17(13-15)21(20-18(26)7-6-8-19(20)27)28-23-22(16)29-30(24(23)25)14-31-11-12-32(2,3)4/h5-10,13H,1,11-12,14H2,2-4H3. The van der Waals surface area contributed by atoms with Crippen LogP contribution in [-0.4, -0.2) is 29.4 Å². The van der Waals surface area contributed by atoms with Gasteiger partial charge in [-0.3, -0.25) is 0 Å². The van der Waals surface area contributed by atoms with Crippen molar-refractivity contribution in [3.63, 3.8) is 0 Å². The van der Waals surface area contributed by atoms with Gasteiger partial charge in [0.2, 0.25) is 0 Å². The second-order valence-electron chi connectivity index (χ2n) is 8.90. The molecule has 0 N–H and O–H groups in total. The predicted octanol–water partition coefficient (Wildman–Crippen LogP) is 7.25. The minimum Gasteiger partial charge on any atom is -0.359 e. The Labute approximate surface area is 195 Å². The number of aromatic nitrogens is 3. The van der Waals surface area contributed by atoms with Crippen LogP contribution in [0.25, 0.3) is 39.1 Å². The topological polar surface area (TPSA) is 39.9 Å².